The molecule has 0 aliphatic carbocycles. The molecule has 25 heavy (non-hydrogen) atoms. The number of benzene rings is 2. The van der Waals surface area contributed by atoms with Gasteiger partial charge in [0.1, 0.15) is 17.9 Å². The van der Waals surface area contributed by atoms with Crippen LogP contribution in [-0.2, 0) is 6.54 Å². The SMILES string of the molecule is Cc1c(O)ccc2c(C[NH2+]CCSc3ccc(Cl)cc3)cc(=O)oc12. The minimum atomic E-state index is -0.389. The van der Waals surface area contributed by atoms with Gasteiger partial charge in [0, 0.05) is 38.3 Å². The lowest BCUT2D eigenvalue weighted by Crippen LogP contribution is -2.83. The van der Waals surface area contributed by atoms with E-state index in [-0.39, 0.29) is 11.4 Å². The van der Waals surface area contributed by atoms with Gasteiger partial charge in [-0.25, -0.2) is 4.79 Å². The monoisotopic (exact) mass is 376 g/mol. The molecule has 0 spiro atoms. The summed E-state index contributed by atoms with van der Waals surface area (Å²) in [5, 5.41) is 13.6. The van der Waals surface area contributed by atoms with Crippen molar-refractivity contribution < 1.29 is 14.8 Å². The molecule has 0 aliphatic heterocycles. The molecular weight excluding hydrogens is 358 g/mol. The first-order chi connectivity index (χ1) is 12.0. The number of hydrogen-bond acceptors (Lipinski definition) is 4. The lowest BCUT2D eigenvalue weighted by molar-refractivity contribution is -0.666. The second-order valence-corrected chi connectivity index (χ2v) is 7.37. The molecule has 3 rings (SSSR count). The molecule has 0 fully saturated rings. The van der Waals surface area contributed by atoms with Crippen molar-refractivity contribution in [2.24, 2.45) is 0 Å². The molecule has 3 aromatic rings. The Labute approximate surface area is 154 Å². The predicted octanol–water partition coefficient (Wildman–Crippen LogP) is 3.32. The van der Waals surface area contributed by atoms with Gasteiger partial charge in [0.05, 0.1) is 6.54 Å². The van der Waals surface area contributed by atoms with Crippen molar-refractivity contribution in [1.29, 1.82) is 0 Å². The molecule has 6 heteroatoms. The maximum absolute atomic E-state index is 11.8. The lowest BCUT2D eigenvalue weighted by Gasteiger charge is -2.08. The molecule has 4 nitrogen and oxygen atoms in total. The highest BCUT2D eigenvalue weighted by Gasteiger charge is 2.11. The smallest absolute Gasteiger partial charge is 0.336 e. The van der Waals surface area contributed by atoms with Gasteiger partial charge in [0.2, 0.25) is 0 Å². The van der Waals surface area contributed by atoms with Gasteiger partial charge in [0.15, 0.2) is 0 Å². The Bertz CT molecular complexity index is 938. The van der Waals surface area contributed by atoms with E-state index in [0.29, 0.717) is 17.7 Å². The van der Waals surface area contributed by atoms with Gasteiger partial charge >= 0.3 is 5.63 Å². The van der Waals surface area contributed by atoms with E-state index in [0.717, 1.165) is 28.3 Å². The molecule has 0 bridgehead atoms. The fraction of sp³-hybridized carbons (Fsp3) is 0.211. The minimum absolute atomic E-state index is 0.135. The Morgan fingerprint density at radius 2 is 1.96 bits per heavy atom. The Kier molecular flexibility index (Phi) is 5.68. The van der Waals surface area contributed by atoms with Gasteiger partial charge in [-0.05, 0) is 43.3 Å². The zero-order valence-electron chi connectivity index (χ0n) is 13.8. The zero-order chi connectivity index (χ0) is 17.8. The van der Waals surface area contributed by atoms with Gasteiger partial charge in [-0.3, -0.25) is 0 Å². The Balaban J connectivity index is 1.62. The molecule has 0 aliphatic rings. The topological polar surface area (TPSA) is 67.1 Å². The summed E-state index contributed by atoms with van der Waals surface area (Å²) in [7, 11) is 0. The van der Waals surface area contributed by atoms with Crippen LogP contribution in [-0.4, -0.2) is 17.4 Å². The number of thioether (sulfide) groups is 1. The minimum Gasteiger partial charge on any atom is -0.508 e. The summed E-state index contributed by atoms with van der Waals surface area (Å²) in [6, 6.07) is 12.8. The number of halogens is 1. The number of phenols is 1. The van der Waals surface area contributed by atoms with Crippen LogP contribution >= 0.6 is 23.4 Å². The van der Waals surface area contributed by atoms with Crippen molar-refractivity contribution in [3.05, 3.63) is 69.0 Å². The molecule has 3 N–H and O–H groups in total. The lowest BCUT2D eigenvalue weighted by atomic mass is 10.1. The third-order valence-electron chi connectivity index (χ3n) is 3.99. The van der Waals surface area contributed by atoms with Crippen molar-refractivity contribution in [3.8, 4) is 5.75 Å². The number of phenolic OH excluding ortho intramolecular Hbond substituents is 1. The first-order valence-corrected chi connectivity index (χ1v) is 9.36. The Morgan fingerprint density at radius 1 is 1.20 bits per heavy atom. The summed E-state index contributed by atoms with van der Waals surface area (Å²) in [5.41, 5.74) is 1.59. The summed E-state index contributed by atoms with van der Waals surface area (Å²) >= 11 is 7.65. The number of hydrogen-bond donors (Lipinski definition) is 2. The van der Waals surface area contributed by atoms with Gasteiger partial charge in [-0.15, -0.1) is 11.8 Å². The van der Waals surface area contributed by atoms with Gasteiger partial charge in [-0.2, -0.15) is 0 Å². The number of quaternary nitrogens is 1. The highest BCUT2D eigenvalue weighted by Crippen LogP contribution is 2.27. The van der Waals surface area contributed by atoms with Crippen LogP contribution in [0.1, 0.15) is 11.1 Å². The average molecular weight is 377 g/mol. The van der Waals surface area contributed by atoms with Crippen LogP contribution in [0.5, 0.6) is 5.75 Å². The van der Waals surface area contributed by atoms with Crippen molar-refractivity contribution >= 4 is 34.3 Å². The van der Waals surface area contributed by atoms with Crippen LogP contribution in [0, 0.1) is 6.92 Å². The molecule has 0 saturated carbocycles. The largest absolute Gasteiger partial charge is 0.508 e. The first-order valence-electron chi connectivity index (χ1n) is 8.00. The molecule has 0 amide bonds. The zero-order valence-corrected chi connectivity index (χ0v) is 15.4. The van der Waals surface area contributed by atoms with E-state index in [2.05, 4.69) is 5.32 Å². The number of fused-ring (bicyclic) bond motifs is 1. The van der Waals surface area contributed by atoms with Crippen LogP contribution < -0.4 is 10.9 Å². The Hall–Kier alpha value is -1.95. The third kappa shape index (κ3) is 4.37. The highest BCUT2D eigenvalue weighted by molar-refractivity contribution is 7.99. The van der Waals surface area contributed by atoms with E-state index in [9.17, 15) is 9.90 Å². The summed E-state index contributed by atoms with van der Waals surface area (Å²) in [6.45, 7) is 3.36. The fourth-order valence-corrected chi connectivity index (χ4v) is 3.61. The predicted molar refractivity (Wildman–Crippen MR) is 102 cm³/mol. The number of nitrogens with two attached hydrogens (primary N) is 1. The molecule has 1 heterocycles. The van der Waals surface area contributed by atoms with E-state index < -0.39 is 0 Å². The molecule has 0 saturated heterocycles. The van der Waals surface area contributed by atoms with Crippen molar-refractivity contribution in [1.82, 2.24) is 0 Å². The molecule has 0 radical (unpaired) electrons. The van der Waals surface area contributed by atoms with Gasteiger partial charge in [0.25, 0.3) is 0 Å². The average Bonchev–Trinajstić information content (AvgIpc) is 2.60. The van der Waals surface area contributed by atoms with Crippen LogP contribution in [0.4, 0.5) is 0 Å². The molecule has 0 atom stereocenters. The van der Waals surface area contributed by atoms with Crippen LogP contribution in [0.15, 0.2) is 56.6 Å². The highest BCUT2D eigenvalue weighted by atomic mass is 35.5. The molecule has 130 valence electrons. The van der Waals surface area contributed by atoms with Crippen molar-refractivity contribution in [2.45, 2.75) is 18.4 Å². The fourth-order valence-electron chi connectivity index (χ4n) is 2.63. The van der Waals surface area contributed by atoms with Crippen molar-refractivity contribution in [3.63, 3.8) is 0 Å². The van der Waals surface area contributed by atoms with Gasteiger partial charge < -0.3 is 14.8 Å². The number of aryl methyl sites for hydroxylation is 1. The molecular formula is C19H19ClNO3S+. The molecule has 2 aromatic carbocycles. The summed E-state index contributed by atoms with van der Waals surface area (Å²) in [4.78, 5) is 13.0. The van der Waals surface area contributed by atoms with Crippen LogP contribution in [0.25, 0.3) is 11.0 Å². The second-order valence-electron chi connectivity index (χ2n) is 5.76. The van der Waals surface area contributed by atoms with Crippen LogP contribution in [0.3, 0.4) is 0 Å². The molecule has 1 aromatic heterocycles. The summed E-state index contributed by atoms with van der Waals surface area (Å²) in [5.74, 6) is 1.09. The van der Waals surface area contributed by atoms with Crippen molar-refractivity contribution in [2.75, 3.05) is 12.3 Å². The quantitative estimate of drug-likeness (QED) is 0.393. The number of aromatic hydroxyl groups is 1. The standard InChI is InChI=1S/C19H18ClNO3S/c1-12-17(22)7-6-16-13(10-18(23)24-19(12)16)11-21-8-9-25-15-4-2-14(20)3-5-15/h2-7,10,21-22H,8-9,11H2,1H3/p+1. The van der Waals surface area contributed by atoms with E-state index >= 15 is 0 Å². The maximum atomic E-state index is 11.8. The normalized spacial score (nSPS) is 11.1. The summed E-state index contributed by atoms with van der Waals surface area (Å²) < 4.78 is 5.26. The number of rotatable bonds is 6. The van der Waals surface area contributed by atoms with E-state index in [1.807, 2.05) is 24.3 Å². The summed E-state index contributed by atoms with van der Waals surface area (Å²) in [6.07, 6.45) is 0. The maximum Gasteiger partial charge on any atom is 0.336 e. The van der Waals surface area contributed by atoms with E-state index in [1.54, 1.807) is 30.8 Å². The van der Waals surface area contributed by atoms with E-state index in [4.69, 9.17) is 16.0 Å². The van der Waals surface area contributed by atoms with Crippen LogP contribution in [0.2, 0.25) is 5.02 Å². The van der Waals surface area contributed by atoms with E-state index in [1.165, 1.54) is 11.0 Å². The second kappa shape index (κ2) is 7.95. The third-order valence-corrected chi connectivity index (χ3v) is 5.28. The molecule has 0 unspecified atom stereocenters. The first kappa shape index (κ1) is 17.9. The Morgan fingerprint density at radius 3 is 2.72 bits per heavy atom. The van der Waals surface area contributed by atoms with Gasteiger partial charge in [-0.1, -0.05) is 11.6 Å².